The highest BCUT2D eigenvalue weighted by Gasteiger charge is 2.13. The minimum atomic E-state index is -0.448. The quantitative estimate of drug-likeness (QED) is 0.750. The Hall–Kier alpha value is -2.95. The van der Waals surface area contributed by atoms with E-state index in [2.05, 4.69) is 10.3 Å². The van der Waals surface area contributed by atoms with Crippen LogP contribution in [-0.4, -0.2) is 10.9 Å². The first-order valence-corrected chi connectivity index (χ1v) is 7.75. The van der Waals surface area contributed by atoms with E-state index in [1.54, 1.807) is 18.5 Å². The van der Waals surface area contributed by atoms with Gasteiger partial charge < -0.3 is 9.73 Å². The third-order valence-electron chi connectivity index (χ3n) is 3.90. The molecule has 1 N–H and O–H groups in total. The number of aryl methyl sites for hydroxylation is 1. The van der Waals surface area contributed by atoms with Crippen molar-refractivity contribution in [3.05, 3.63) is 75.9 Å². The molecule has 122 valence electrons. The lowest BCUT2D eigenvalue weighted by Crippen LogP contribution is -2.28. The zero-order valence-electron chi connectivity index (χ0n) is 13.6. The summed E-state index contributed by atoms with van der Waals surface area (Å²) in [4.78, 5) is 28.1. The second-order valence-electron chi connectivity index (χ2n) is 5.84. The minimum absolute atomic E-state index is 0.121. The van der Waals surface area contributed by atoms with Crippen LogP contribution in [0.5, 0.6) is 0 Å². The van der Waals surface area contributed by atoms with Crippen LogP contribution in [0.4, 0.5) is 0 Å². The van der Waals surface area contributed by atoms with Gasteiger partial charge in [0.05, 0.1) is 12.5 Å². The molecule has 0 aliphatic carbocycles. The van der Waals surface area contributed by atoms with Crippen molar-refractivity contribution in [1.82, 2.24) is 10.3 Å². The van der Waals surface area contributed by atoms with Crippen LogP contribution in [0.25, 0.3) is 11.0 Å². The average molecular weight is 322 g/mol. The Morgan fingerprint density at radius 1 is 1.29 bits per heavy atom. The number of nitrogens with one attached hydrogen (secondary N) is 1. The van der Waals surface area contributed by atoms with Crippen LogP contribution < -0.4 is 10.9 Å². The number of hydrogen-bond acceptors (Lipinski definition) is 4. The van der Waals surface area contributed by atoms with Crippen LogP contribution in [-0.2, 0) is 11.2 Å². The van der Waals surface area contributed by atoms with E-state index < -0.39 is 5.63 Å². The number of amides is 1. The van der Waals surface area contributed by atoms with Gasteiger partial charge in [-0.15, -0.1) is 0 Å². The van der Waals surface area contributed by atoms with Crippen molar-refractivity contribution in [3.8, 4) is 0 Å². The zero-order chi connectivity index (χ0) is 17.1. The van der Waals surface area contributed by atoms with Crippen molar-refractivity contribution in [2.24, 2.45) is 0 Å². The molecule has 0 aliphatic rings. The molecule has 0 fully saturated rings. The molecule has 5 heteroatoms. The molecule has 0 aliphatic heterocycles. The summed E-state index contributed by atoms with van der Waals surface area (Å²) in [6.07, 6.45) is 3.53. The van der Waals surface area contributed by atoms with Gasteiger partial charge in [-0.1, -0.05) is 18.2 Å². The summed E-state index contributed by atoms with van der Waals surface area (Å²) in [7, 11) is 0. The monoisotopic (exact) mass is 322 g/mol. The second-order valence-corrected chi connectivity index (χ2v) is 5.84. The molecule has 1 aromatic carbocycles. The summed E-state index contributed by atoms with van der Waals surface area (Å²) in [5.41, 5.74) is 2.65. The van der Waals surface area contributed by atoms with Crippen molar-refractivity contribution < 1.29 is 9.21 Å². The second kappa shape index (κ2) is 6.66. The third kappa shape index (κ3) is 3.51. The summed E-state index contributed by atoms with van der Waals surface area (Å²) in [6.45, 7) is 3.82. The maximum Gasteiger partial charge on any atom is 0.336 e. The fraction of sp³-hybridized carbons (Fsp3) is 0.211. The molecule has 1 atom stereocenters. The summed E-state index contributed by atoms with van der Waals surface area (Å²) in [5.74, 6) is -0.154. The fourth-order valence-corrected chi connectivity index (χ4v) is 2.66. The van der Waals surface area contributed by atoms with Gasteiger partial charge in [0.25, 0.3) is 0 Å². The van der Waals surface area contributed by atoms with Gasteiger partial charge in [-0.25, -0.2) is 4.79 Å². The number of benzene rings is 1. The minimum Gasteiger partial charge on any atom is -0.423 e. The van der Waals surface area contributed by atoms with Gasteiger partial charge in [0.1, 0.15) is 5.58 Å². The molecule has 24 heavy (non-hydrogen) atoms. The van der Waals surface area contributed by atoms with Crippen LogP contribution in [0, 0.1) is 6.92 Å². The summed E-state index contributed by atoms with van der Waals surface area (Å²) < 4.78 is 5.22. The van der Waals surface area contributed by atoms with E-state index in [1.807, 2.05) is 38.1 Å². The number of fused-ring (bicyclic) bond motifs is 1. The molecule has 5 nitrogen and oxygen atoms in total. The summed E-state index contributed by atoms with van der Waals surface area (Å²) in [5, 5.41) is 3.71. The Kier molecular flexibility index (Phi) is 4.42. The fourth-order valence-electron chi connectivity index (χ4n) is 2.66. The van der Waals surface area contributed by atoms with Crippen molar-refractivity contribution in [1.29, 1.82) is 0 Å². The molecule has 0 bridgehead atoms. The van der Waals surface area contributed by atoms with E-state index >= 15 is 0 Å². The van der Waals surface area contributed by atoms with E-state index in [0.29, 0.717) is 11.1 Å². The van der Waals surface area contributed by atoms with Crippen molar-refractivity contribution in [3.63, 3.8) is 0 Å². The number of rotatable bonds is 4. The van der Waals surface area contributed by atoms with Crippen LogP contribution in [0.3, 0.4) is 0 Å². The van der Waals surface area contributed by atoms with Crippen LogP contribution in [0.1, 0.15) is 29.7 Å². The third-order valence-corrected chi connectivity index (χ3v) is 3.90. The Morgan fingerprint density at radius 3 is 2.88 bits per heavy atom. The van der Waals surface area contributed by atoms with Gasteiger partial charge in [-0.3, -0.25) is 9.78 Å². The van der Waals surface area contributed by atoms with E-state index in [0.717, 1.165) is 16.5 Å². The molecular formula is C19H18N2O3. The predicted octanol–water partition coefficient (Wildman–Crippen LogP) is 2.92. The molecule has 1 amide bonds. The molecule has 3 aromatic rings. The lowest BCUT2D eigenvalue weighted by molar-refractivity contribution is -0.121. The lowest BCUT2D eigenvalue weighted by Gasteiger charge is -2.14. The van der Waals surface area contributed by atoms with Crippen LogP contribution in [0.2, 0.25) is 0 Å². The molecule has 0 radical (unpaired) electrons. The highest BCUT2D eigenvalue weighted by molar-refractivity contribution is 5.87. The SMILES string of the molecule is Cc1ccc2c(CC(=O)NC(C)c3cccnc3)cc(=O)oc2c1. The van der Waals surface area contributed by atoms with Gasteiger partial charge in [0, 0.05) is 23.8 Å². The van der Waals surface area contributed by atoms with Crippen molar-refractivity contribution in [2.75, 3.05) is 0 Å². The molecule has 0 saturated heterocycles. The molecular weight excluding hydrogens is 304 g/mol. The number of nitrogens with zero attached hydrogens (tertiary/aromatic N) is 1. The predicted molar refractivity (Wildman–Crippen MR) is 91.7 cm³/mol. The van der Waals surface area contributed by atoms with E-state index in [1.165, 1.54) is 6.07 Å². The first-order chi connectivity index (χ1) is 11.5. The first kappa shape index (κ1) is 15.9. The standard InChI is InChI=1S/C19H18N2O3/c1-12-5-6-16-15(10-19(23)24-17(16)8-12)9-18(22)21-13(2)14-4-3-7-20-11-14/h3-8,10-11,13H,9H2,1-2H3,(H,21,22). The van der Waals surface area contributed by atoms with E-state index in [-0.39, 0.29) is 18.4 Å². The van der Waals surface area contributed by atoms with Crippen molar-refractivity contribution in [2.45, 2.75) is 26.3 Å². The Bertz CT molecular complexity index is 932. The highest BCUT2D eigenvalue weighted by atomic mass is 16.4. The maximum absolute atomic E-state index is 12.4. The topological polar surface area (TPSA) is 72.2 Å². The average Bonchev–Trinajstić information content (AvgIpc) is 2.54. The smallest absolute Gasteiger partial charge is 0.336 e. The number of hydrogen-bond donors (Lipinski definition) is 1. The number of carbonyl (C=O) groups is 1. The highest BCUT2D eigenvalue weighted by Crippen LogP contribution is 2.19. The van der Waals surface area contributed by atoms with Gasteiger partial charge in [-0.05, 0) is 42.7 Å². The van der Waals surface area contributed by atoms with E-state index in [9.17, 15) is 9.59 Å². The molecule has 2 aromatic heterocycles. The van der Waals surface area contributed by atoms with Crippen LogP contribution >= 0.6 is 0 Å². The largest absolute Gasteiger partial charge is 0.423 e. The van der Waals surface area contributed by atoms with Gasteiger partial charge in [-0.2, -0.15) is 0 Å². The molecule has 0 saturated carbocycles. The zero-order valence-corrected chi connectivity index (χ0v) is 13.6. The first-order valence-electron chi connectivity index (χ1n) is 7.75. The summed E-state index contributed by atoms with van der Waals surface area (Å²) >= 11 is 0. The number of aromatic nitrogens is 1. The molecule has 3 rings (SSSR count). The summed E-state index contributed by atoms with van der Waals surface area (Å²) in [6, 6.07) is 10.6. The molecule has 2 heterocycles. The van der Waals surface area contributed by atoms with Gasteiger partial charge >= 0.3 is 5.63 Å². The molecule has 0 spiro atoms. The Labute approximate surface area is 139 Å². The molecule has 1 unspecified atom stereocenters. The van der Waals surface area contributed by atoms with E-state index in [4.69, 9.17) is 4.42 Å². The number of pyridine rings is 1. The van der Waals surface area contributed by atoms with Gasteiger partial charge in [0.15, 0.2) is 0 Å². The normalized spacial score (nSPS) is 12.1. The Morgan fingerprint density at radius 2 is 2.12 bits per heavy atom. The Balaban J connectivity index is 1.82. The van der Waals surface area contributed by atoms with Crippen molar-refractivity contribution >= 4 is 16.9 Å². The lowest BCUT2D eigenvalue weighted by atomic mass is 10.0. The number of carbonyl (C=O) groups excluding carboxylic acids is 1. The van der Waals surface area contributed by atoms with Gasteiger partial charge in [0.2, 0.25) is 5.91 Å². The van der Waals surface area contributed by atoms with Crippen LogP contribution in [0.15, 0.2) is 58.0 Å². The maximum atomic E-state index is 12.4.